The molecule has 0 aliphatic rings. The Hall–Kier alpha value is -3.41. The third-order valence-electron chi connectivity index (χ3n) is 3.45. The van der Waals surface area contributed by atoms with E-state index in [1.165, 1.54) is 0 Å². The number of hydrogen-bond acceptors (Lipinski definition) is 4. The van der Waals surface area contributed by atoms with Gasteiger partial charge in [0.2, 0.25) is 0 Å². The van der Waals surface area contributed by atoms with Gasteiger partial charge in [0.15, 0.2) is 0 Å². The average Bonchev–Trinajstić information content (AvgIpc) is 3.11. The fourth-order valence-electron chi connectivity index (χ4n) is 2.20. The third kappa shape index (κ3) is 3.49. The highest BCUT2D eigenvalue weighted by Crippen LogP contribution is 2.19. The van der Waals surface area contributed by atoms with Gasteiger partial charge < -0.3 is 4.74 Å². The van der Waals surface area contributed by atoms with Crippen LogP contribution in [0.15, 0.2) is 65.9 Å². The van der Waals surface area contributed by atoms with Crippen molar-refractivity contribution in [3.63, 3.8) is 0 Å². The maximum atomic E-state index is 12.0. The minimum atomic E-state index is -0.293. The number of H-pyrrole nitrogens is 1. The summed E-state index contributed by atoms with van der Waals surface area (Å²) in [5.74, 6) is 0.402. The van der Waals surface area contributed by atoms with Crippen LogP contribution in [0.25, 0.3) is 11.3 Å². The summed E-state index contributed by atoms with van der Waals surface area (Å²) >= 11 is 0. The van der Waals surface area contributed by atoms with Crippen LogP contribution in [0.3, 0.4) is 0 Å². The highest BCUT2D eigenvalue weighted by atomic mass is 16.5. The first-order valence-electron chi connectivity index (χ1n) is 7.34. The van der Waals surface area contributed by atoms with Gasteiger partial charge in [0.25, 0.3) is 5.91 Å². The molecule has 3 aromatic rings. The van der Waals surface area contributed by atoms with E-state index in [9.17, 15) is 4.79 Å². The zero-order chi connectivity index (χ0) is 16.8. The molecule has 120 valence electrons. The smallest absolute Gasteiger partial charge is 0.271 e. The minimum Gasteiger partial charge on any atom is -0.497 e. The van der Waals surface area contributed by atoms with Crippen molar-refractivity contribution >= 4 is 12.1 Å². The predicted molar refractivity (Wildman–Crippen MR) is 92.1 cm³/mol. The quantitative estimate of drug-likeness (QED) is 0.560. The topological polar surface area (TPSA) is 79.4 Å². The fraction of sp³-hybridized carbons (Fsp3) is 0.0556. The number of rotatable bonds is 5. The van der Waals surface area contributed by atoms with Crippen molar-refractivity contribution in [2.24, 2.45) is 5.10 Å². The van der Waals surface area contributed by atoms with Gasteiger partial charge in [-0.05, 0) is 24.3 Å². The van der Waals surface area contributed by atoms with Crippen LogP contribution in [0.1, 0.15) is 15.9 Å². The van der Waals surface area contributed by atoms with Gasteiger partial charge in [-0.15, -0.1) is 0 Å². The number of amides is 1. The number of carbonyl (C=O) groups is 1. The first kappa shape index (κ1) is 15.5. The highest BCUT2D eigenvalue weighted by molar-refractivity contribution is 5.95. The number of carbonyl (C=O) groups excluding carboxylic acids is 1. The number of nitrogens with one attached hydrogen (secondary N) is 2. The molecule has 0 bridgehead atoms. The van der Waals surface area contributed by atoms with Gasteiger partial charge in [0.1, 0.15) is 5.75 Å². The molecular formula is C18H16N4O2. The van der Waals surface area contributed by atoms with Crippen molar-refractivity contribution in [1.29, 1.82) is 0 Å². The minimum absolute atomic E-state index is 0.293. The standard InChI is InChI=1S/C18H16N4O2/c1-24-16-9-7-14(8-10-16)18(23)22-20-12-15-11-19-21-17(15)13-5-3-2-4-6-13/h2-12H,1H3,(H,19,21)(H,22,23)/b20-12-. The summed E-state index contributed by atoms with van der Waals surface area (Å²) in [6, 6.07) is 16.6. The molecule has 2 N–H and O–H groups in total. The molecule has 6 heteroatoms. The Morgan fingerprint density at radius 1 is 1.17 bits per heavy atom. The van der Waals surface area contributed by atoms with E-state index in [1.54, 1.807) is 43.8 Å². The average molecular weight is 320 g/mol. The summed E-state index contributed by atoms with van der Waals surface area (Å²) in [5.41, 5.74) is 5.64. The second-order valence-electron chi connectivity index (χ2n) is 4.99. The highest BCUT2D eigenvalue weighted by Gasteiger charge is 2.06. The molecule has 3 rings (SSSR count). The van der Waals surface area contributed by atoms with E-state index in [4.69, 9.17) is 4.74 Å². The van der Waals surface area contributed by atoms with Gasteiger partial charge in [-0.3, -0.25) is 9.89 Å². The molecule has 0 spiro atoms. The predicted octanol–water partition coefficient (Wildman–Crippen LogP) is 2.85. The third-order valence-corrected chi connectivity index (χ3v) is 3.45. The lowest BCUT2D eigenvalue weighted by atomic mass is 10.1. The summed E-state index contributed by atoms with van der Waals surface area (Å²) in [6.45, 7) is 0. The molecule has 24 heavy (non-hydrogen) atoms. The van der Waals surface area contributed by atoms with Crippen LogP contribution >= 0.6 is 0 Å². The van der Waals surface area contributed by atoms with Crippen molar-refractivity contribution in [2.75, 3.05) is 7.11 Å². The Bertz CT molecular complexity index is 839. The van der Waals surface area contributed by atoms with E-state index in [0.29, 0.717) is 11.3 Å². The molecule has 6 nitrogen and oxygen atoms in total. The Kier molecular flexibility index (Phi) is 4.67. The maximum Gasteiger partial charge on any atom is 0.271 e. The molecule has 0 saturated heterocycles. The summed E-state index contributed by atoms with van der Waals surface area (Å²) in [6.07, 6.45) is 3.22. The normalized spacial score (nSPS) is 10.7. The summed E-state index contributed by atoms with van der Waals surface area (Å²) < 4.78 is 5.06. The van der Waals surface area contributed by atoms with Crippen LogP contribution in [0, 0.1) is 0 Å². The van der Waals surface area contributed by atoms with Crippen LogP contribution in [0.5, 0.6) is 5.75 Å². The lowest BCUT2D eigenvalue weighted by Crippen LogP contribution is -2.17. The Labute approximate surface area is 139 Å². The van der Waals surface area contributed by atoms with E-state index >= 15 is 0 Å². The van der Waals surface area contributed by atoms with Crippen LogP contribution < -0.4 is 10.2 Å². The Balaban J connectivity index is 1.68. The van der Waals surface area contributed by atoms with Crippen LogP contribution in [0.4, 0.5) is 0 Å². The van der Waals surface area contributed by atoms with E-state index in [2.05, 4.69) is 20.7 Å². The van der Waals surface area contributed by atoms with Crippen LogP contribution in [-0.2, 0) is 0 Å². The van der Waals surface area contributed by atoms with E-state index in [-0.39, 0.29) is 5.91 Å². The van der Waals surface area contributed by atoms with Gasteiger partial charge in [0.05, 0.1) is 25.2 Å². The largest absolute Gasteiger partial charge is 0.497 e. The summed E-state index contributed by atoms with van der Waals surface area (Å²) in [7, 11) is 1.58. The Morgan fingerprint density at radius 2 is 1.92 bits per heavy atom. The molecule has 1 heterocycles. The van der Waals surface area contributed by atoms with Crippen molar-refractivity contribution in [1.82, 2.24) is 15.6 Å². The van der Waals surface area contributed by atoms with E-state index < -0.39 is 0 Å². The molecule has 1 amide bonds. The first-order valence-corrected chi connectivity index (χ1v) is 7.34. The van der Waals surface area contributed by atoms with Crippen molar-refractivity contribution in [3.05, 3.63) is 71.9 Å². The number of hydrogen-bond donors (Lipinski definition) is 2. The van der Waals surface area contributed by atoms with E-state index in [0.717, 1.165) is 16.8 Å². The van der Waals surface area contributed by atoms with Crippen molar-refractivity contribution in [2.45, 2.75) is 0 Å². The molecule has 0 aliphatic heterocycles. The number of aromatic amines is 1. The lowest BCUT2D eigenvalue weighted by Gasteiger charge is -2.02. The van der Waals surface area contributed by atoms with Gasteiger partial charge in [0, 0.05) is 16.7 Å². The Morgan fingerprint density at radius 3 is 2.62 bits per heavy atom. The van der Waals surface area contributed by atoms with E-state index in [1.807, 2.05) is 30.3 Å². The lowest BCUT2D eigenvalue weighted by molar-refractivity contribution is 0.0955. The number of ether oxygens (including phenoxy) is 1. The number of methoxy groups -OCH3 is 1. The molecule has 0 aliphatic carbocycles. The zero-order valence-electron chi connectivity index (χ0n) is 13.1. The molecule has 0 saturated carbocycles. The number of nitrogens with zero attached hydrogens (tertiary/aromatic N) is 2. The monoisotopic (exact) mass is 320 g/mol. The summed E-state index contributed by atoms with van der Waals surface area (Å²) in [5, 5.41) is 11.0. The molecule has 2 aromatic carbocycles. The maximum absolute atomic E-state index is 12.0. The van der Waals surface area contributed by atoms with Crippen molar-refractivity contribution in [3.8, 4) is 17.0 Å². The van der Waals surface area contributed by atoms with Crippen LogP contribution in [0.2, 0.25) is 0 Å². The summed E-state index contributed by atoms with van der Waals surface area (Å²) in [4.78, 5) is 12.0. The van der Waals surface area contributed by atoms with Crippen LogP contribution in [-0.4, -0.2) is 29.4 Å². The molecule has 0 radical (unpaired) electrons. The van der Waals surface area contributed by atoms with Gasteiger partial charge in [-0.1, -0.05) is 30.3 Å². The molecule has 0 atom stereocenters. The molecule has 0 unspecified atom stereocenters. The molecule has 1 aromatic heterocycles. The van der Waals surface area contributed by atoms with Gasteiger partial charge >= 0.3 is 0 Å². The number of aromatic nitrogens is 2. The molecule has 0 fully saturated rings. The van der Waals surface area contributed by atoms with Crippen molar-refractivity contribution < 1.29 is 9.53 Å². The molecular weight excluding hydrogens is 304 g/mol. The van der Waals surface area contributed by atoms with Gasteiger partial charge in [-0.25, -0.2) is 5.43 Å². The number of benzene rings is 2. The fourth-order valence-corrected chi connectivity index (χ4v) is 2.20. The number of hydrazone groups is 1. The second-order valence-corrected chi connectivity index (χ2v) is 4.99. The SMILES string of the molecule is COc1ccc(C(=O)N/N=C\c2cn[nH]c2-c2ccccc2)cc1. The first-order chi connectivity index (χ1) is 11.8. The van der Waals surface area contributed by atoms with Gasteiger partial charge in [-0.2, -0.15) is 10.2 Å². The zero-order valence-corrected chi connectivity index (χ0v) is 13.1. The second kappa shape index (κ2) is 7.23.